The number of benzene rings is 2. The second-order valence-electron chi connectivity index (χ2n) is 8.96. The van der Waals surface area contributed by atoms with Crippen molar-refractivity contribution in [3.8, 4) is 22.4 Å². The van der Waals surface area contributed by atoms with E-state index in [9.17, 15) is 0 Å². The Morgan fingerprint density at radius 1 is 0.893 bits per heavy atom. The van der Waals surface area contributed by atoms with Gasteiger partial charge in [0, 0.05) is 21.3 Å². The number of fused-ring (bicyclic) bond motifs is 1. The van der Waals surface area contributed by atoms with E-state index in [0.29, 0.717) is 11.0 Å². The van der Waals surface area contributed by atoms with Crippen molar-refractivity contribution >= 4 is 0 Å². The zero-order valence-electron chi connectivity index (χ0n) is 19.9. The third-order valence-corrected chi connectivity index (χ3v) is 7.01. The molecule has 1 fully saturated rings. The number of aryl methyl sites for hydroxylation is 3. The predicted octanol–water partition coefficient (Wildman–Crippen LogP) is 6.12. The summed E-state index contributed by atoms with van der Waals surface area (Å²) in [6.07, 6.45) is 9.48. The second-order valence-corrected chi connectivity index (χ2v) is 8.96. The summed E-state index contributed by atoms with van der Waals surface area (Å²) in [7, 11) is 1.94. The van der Waals surface area contributed by atoms with E-state index in [0.717, 1.165) is 28.8 Å². The highest BCUT2D eigenvalue weighted by Crippen LogP contribution is 2.49. The summed E-state index contributed by atoms with van der Waals surface area (Å²) in [5.74, 6) is 0. The fourth-order valence-corrected chi connectivity index (χ4v) is 5.50. The van der Waals surface area contributed by atoms with E-state index in [1.807, 2.05) is 23.7 Å². The smallest absolute Gasteiger partial charge is 0.201 e. The molecule has 1 spiro atoms. The predicted molar refractivity (Wildman–Crippen MR) is 116 cm³/mol. The van der Waals surface area contributed by atoms with Crippen molar-refractivity contribution in [2.75, 3.05) is 0 Å². The molecule has 1 heterocycles. The minimum Gasteiger partial charge on any atom is -0.201 e. The molecule has 28 heavy (non-hydrogen) atoms. The lowest BCUT2D eigenvalue weighted by atomic mass is 9.83. The van der Waals surface area contributed by atoms with Gasteiger partial charge in [-0.3, -0.25) is 0 Å². The number of nitrogens with zero attached hydrogens (tertiary/aromatic N) is 1. The topological polar surface area (TPSA) is 3.88 Å². The lowest BCUT2D eigenvalue weighted by molar-refractivity contribution is -0.660. The maximum atomic E-state index is 8.18. The van der Waals surface area contributed by atoms with Gasteiger partial charge in [-0.15, -0.1) is 0 Å². The van der Waals surface area contributed by atoms with E-state index >= 15 is 0 Å². The Morgan fingerprint density at radius 3 is 2.46 bits per heavy atom. The van der Waals surface area contributed by atoms with E-state index in [1.54, 1.807) is 6.20 Å². The fraction of sp³-hybridized carbons (Fsp3) is 0.370. The summed E-state index contributed by atoms with van der Waals surface area (Å²) >= 11 is 0. The van der Waals surface area contributed by atoms with Gasteiger partial charge in [0.25, 0.3) is 0 Å². The Labute approximate surface area is 173 Å². The van der Waals surface area contributed by atoms with Crippen LogP contribution < -0.4 is 4.57 Å². The normalized spacial score (nSPS) is 19.3. The van der Waals surface area contributed by atoms with Crippen molar-refractivity contribution in [3.63, 3.8) is 0 Å². The average Bonchev–Trinajstić information content (AvgIpc) is 3.33. The fourth-order valence-electron chi connectivity index (χ4n) is 5.50. The molecule has 0 amide bonds. The minimum atomic E-state index is -2.16. The molecule has 3 aromatic rings. The van der Waals surface area contributed by atoms with Crippen molar-refractivity contribution in [2.45, 2.75) is 52.3 Å². The first-order chi connectivity index (χ1) is 14.8. The number of rotatable bonds is 2. The molecule has 0 atom stereocenters. The number of hydrogen-bond donors (Lipinski definition) is 0. The van der Waals surface area contributed by atoms with Gasteiger partial charge in [0.2, 0.25) is 5.69 Å². The molecule has 0 radical (unpaired) electrons. The zero-order valence-corrected chi connectivity index (χ0v) is 16.9. The summed E-state index contributed by atoms with van der Waals surface area (Å²) < 4.78 is 26.5. The third kappa shape index (κ3) is 2.89. The van der Waals surface area contributed by atoms with E-state index in [1.165, 1.54) is 48.8 Å². The molecule has 0 N–H and O–H groups in total. The Hall–Kier alpha value is -2.41. The van der Waals surface area contributed by atoms with Crippen LogP contribution in [-0.4, -0.2) is 0 Å². The lowest BCUT2D eigenvalue weighted by Gasteiger charge is -2.21. The van der Waals surface area contributed by atoms with Crippen LogP contribution in [0.4, 0.5) is 0 Å². The first-order valence-corrected chi connectivity index (χ1v) is 10.5. The standard InChI is InChI=1S/C27H30N/c1-19-8-4-5-9-24(19)26-15-25(20(2)18-28(26)3)21-10-11-22-16-27(12-6-7-13-27)17-23(22)14-21/h4-5,8-11,14-15,18H,6-7,12-13,16-17H2,1-3H3/q+1/i2D3. The molecule has 5 rings (SSSR count). The molecule has 142 valence electrons. The number of aromatic nitrogens is 1. The number of hydrogen-bond acceptors (Lipinski definition) is 0. The summed E-state index contributed by atoms with van der Waals surface area (Å²) in [5.41, 5.74) is 8.96. The van der Waals surface area contributed by atoms with Gasteiger partial charge in [-0.05, 0) is 78.8 Å². The van der Waals surface area contributed by atoms with Crippen molar-refractivity contribution in [1.82, 2.24) is 0 Å². The first kappa shape index (κ1) is 14.6. The molecule has 0 bridgehead atoms. The Bertz CT molecular complexity index is 1150. The van der Waals surface area contributed by atoms with Crippen LogP contribution in [0.1, 0.15) is 52.0 Å². The van der Waals surface area contributed by atoms with Crippen LogP contribution >= 0.6 is 0 Å². The van der Waals surface area contributed by atoms with E-state index in [-0.39, 0.29) is 0 Å². The third-order valence-electron chi connectivity index (χ3n) is 7.01. The highest BCUT2D eigenvalue weighted by molar-refractivity contribution is 5.73. The van der Waals surface area contributed by atoms with Gasteiger partial charge in [-0.1, -0.05) is 49.2 Å². The molecule has 1 nitrogen and oxygen atoms in total. The maximum Gasteiger partial charge on any atom is 0.213 e. The van der Waals surface area contributed by atoms with Crippen LogP contribution in [0.3, 0.4) is 0 Å². The lowest BCUT2D eigenvalue weighted by Crippen LogP contribution is -2.31. The molecule has 1 heteroatoms. The van der Waals surface area contributed by atoms with Gasteiger partial charge >= 0.3 is 0 Å². The summed E-state index contributed by atoms with van der Waals surface area (Å²) in [6.45, 7) is -0.0633. The summed E-state index contributed by atoms with van der Waals surface area (Å²) in [4.78, 5) is 0. The zero-order chi connectivity index (χ0) is 21.8. The van der Waals surface area contributed by atoms with Gasteiger partial charge in [-0.25, -0.2) is 4.57 Å². The highest BCUT2D eigenvalue weighted by atomic mass is 14.9. The van der Waals surface area contributed by atoms with Crippen LogP contribution in [-0.2, 0) is 19.9 Å². The van der Waals surface area contributed by atoms with Crippen LogP contribution in [0, 0.1) is 19.2 Å². The van der Waals surface area contributed by atoms with Gasteiger partial charge in [0.15, 0.2) is 6.20 Å². The summed E-state index contributed by atoms with van der Waals surface area (Å²) in [5, 5.41) is 0. The largest absolute Gasteiger partial charge is 0.213 e. The monoisotopic (exact) mass is 371 g/mol. The van der Waals surface area contributed by atoms with Crippen molar-refractivity contribution in [3.05, 3.63) is 77.0 Å². The molecule has 2 aliphatic carbocycles. The molecule has 2 aromatic carbocycles. The van der Waals surface area contributed by atoms with Gasteiger partial charge in [-0.2, -0.15) is 0 Å². The van der Waals surface area contributed by atoms with E-state index in [4.69, 9.17) is 4.11 Å². The first-order valence-electron chi connectivity index (χ1n) is 12.0. The van der Waals surface area contributed by atoms with Crippen LogP contribution in [0.15, 0.2) is 54.7 Å². The SMILES string of the molecule is [2H]C([2H])([2H])c1c[n+](C)c(-c2ccccc2C)cc1-c1ccc2c(c1)CC1(CCCC1)C2. The maximum absolute atomic E-state index is 8.18. The van der Waals surface area contributed by atoms with Crippen LogP contribution in [0.5, 0.6) is 0 Å². The second kappa shape index (κ2) is 6.58. The Morgan fingerprint density at radius 2 is 1.68 bits per heavy atom. The average molecular weight is 372 g/mol. The van der Waals surface area contributed by atoms with Crippen LogP contribution in [0.2, 0.25) is 0 Å². The van der Waals surface area contributed by atoms with Crippen molar-refractivity contribution in [1.29, 1.82) is 0 Å². The molecular formula is C27H30N+. The molecule has 0 aliphatic heterocycles. The Balaban J connectivity index is 1.65. The molecule has 1 saturated carbocycles. The molecule has 0 unspecified atom stereocenters. The molecular weight excluding hydrogens is 338 g/mol. The van der Waals surface area contributed by atoms with Gasteiger partial charge < -0.3 is 0 Å². The van der Waals surface area contributed by atoms with Gasteiger partial charge in [0.1, 0.15) is 7.05 Å². The summed E-state index contributed by atoms with van der Waals surface area (Å²) in [6, 6.07) is 17.0. The number of pyridine rings is 1. The van der Waals surface area contributed by atoms with Gasteiger partial charge in [0.05, 0.1) is 0 Å². The highest BCUT2D eigenvalue weighted by Gasteiger charge is 2.39. The Kier molecular flexibility index (Phi) is 3.43. The molecule has 2 aliphatic rings. The van der Waals surface area contributed by atoms with Crippen LogP contribution in [0.25, 0.3) is 22.4 Å². The van der Waals surface area contributed by atoms with Crippen molar-refractivity contribution < 1.29 is 8.68 Å². The molecule has 1 aromatic heterocycles. The van der Waals surface area contributed by atoms with E-state index < -0.39 is 6.85 Å². The minimum absolute atomic E-state index is 0.417. The van der Waals surface area contributed by atoms with Crippen molar-refractivity contribution in [2.24, 2.45) is 12.5 Å². The van der Waals surface area contributed by atoms with E-state index in [2.05, 4.69) is 43.3 Å². The molecule has 0 saturated heterocycles. The quantitative estimate of drug-likeness (QED) is 0.478.